The number of hydrogen-bond donors (Lipinski definition) is 1. The van der Waals surface area contributed by atoms with Gasteiger partial charge in [0.25, 0.3) is 0 Å². The van der Waals surface area contributed by atoms with Gasteiger partial charge in [-0.25, -0.2) is 4.98 Å². The monoisotopic (exact) mass is 383 g/mol. The van der Waals surface area contributed by atoms with Gasteiger partial charge >= 0.3 is 0 Å². The fourth-order valence-corrected chi connectivity index (χ4v) is 4.86. The average Bonchev–Trinajstić information content (AvgIpc) is 3.37. The maximum Gasteiger partial charge on any atom is 0.231 e. The molecule has 2 aromatic rings. The van der Waals surface area contributed by atoms with Crippen LogP contribution in [0.25, 0.3) is 11.3 Å². The van der Waals surface area contributed by atoms with E-state index >= 15 is 0 Å². The van der Waals surface area contributed by atoms with Gasteiger partial charge in [0.15, 0.2) is 5.13 Å². The fraction of sp³-hybridized carbons (Fsp3) is 0.476. The lowest BCUT2D eigenvalue weighted by Gasteiger charge is -2.23. The lowest BCUT2D eigenvalue weighted by atomic mass is 10.0. The van der Waals surface area contributed by atoms with Crippen molar-refractivity contribution >= 4 is 28.3 Å². The van der Waals surface area contributed by atoms with Crippen molar-refractivity contribution in [3.05, 3.63) is 34.7 Å². The van der Waals surface area contributed by atoms with Crippen molar-refractivity contribution < 1.29 is 9.59 Å². The number of thiazole rings is 1. The molecular weight excluding hydrogens is 358 g/mol. The van der Waals surface area contributed by atoms with Crippen LogP contribution in [0.5, 0.6) is 0 Å². The van der Waals surface area contributed by atoms with Gasteiger partial charge in [0, 0.05) is 30.0 Å². The number of aromatic nitrogens is 1. The van der Waals surface area contributed by atoms with Gasteiger partial charge in [-0.15, -0.1) is 11.3 Å². The van der Waals surface area contributed by atoms with Gasteiger partial charge in [-0.2, -0.15) is 0 Å². The molecule has 4 rings (SSSR count). The highest BCUT2D eigenvalue weighted by molar-refractivity contribution is 7.14. The van der Waals surface area contributed by atoms with Crippen LogP contribution in [-0.4, -0.2) is 34.3 Å². The third kappa shape index (κ3) is 3.76. The van der Waals surface area contributed by atoms with E-state index in [1.54, 1.807) is 0 Å². The Morgan fingerprint density at radius 3 is 2.81 bits per heavy atom. The molecule has 2 amide bonds. The van der Waals surface area contributed by atoms with E-state index in [0.29, 0.717) is 24.1 Å². The molecule has 1 atom stereocenters. The van der Waals surface area contributed by atoms with Crippen LogP contribution >= 0.6 is 11.3 Å². The smallest absolute Gasteiger partial charge is 0.231 e. The van der Waals surface area contributed by atoms with Crippen molar-refractivity contribution in [2.24, 2.45) is 5.92 Å². The van der Waals surface area contributed by atoms with Crippen molar-refractivity contribution in [2.75, 3.05) is 11.9 Å². The summed E-state index contributed by atoms with van der Waals surface area (Å²) in [7, 11) is 0. The molecule has 0 spiro atoms. The summed E-state index contributed by atoms with van der Waals surface area (Å²) in [5.74, 6) is -0.242. The van der Waals surface area contributed by atoms with Gasteiger partial charge in [0.2, 0.25) is 11.8 Å². The summed E-state index contributed by atoms with van der Waals surface area (Å²) in [5.41, 5.74) is 4.32. The molecule has 27 heavy (non-hydrogen) atoms. The molecular formula is C21H25N3O2S. The van der Waals surface area contributed by atoms with Gasteiger partial charge in [-0.05, 0) is 38.3 Å². The maximum atomic E-state index is 12.7. The molecule has 1 aromatic carbocycles. The molecule has 2 aliphatic rings. The van der Waals surface area contributed by atoms with E-state index < -0.39 is 0 Å². The second-order valence-corrected chi connectivity index (χ2v) is 8.59. The number of benzene rings is 1. The highest BCUT2D eigenvalue weighted by Gasteiger charge is 2.38. The topological polar surface area (TPSA) is 62.3 Å². The van der Waals surface area contributed by atoms with Crippen molar-refractivity contribution in [1.82, 2.24) is 9.88 Å². The number of nitrogens with zero attached hydrogens (tertiary/aromatic N) is 2. The minimum atomic E-state index is -0.272. The van der Waals surface area contributed by atoms with E-state index in [-0.39, 0.29) is 17.7 Å². The number of hydrogen-bond acceptors (Lipinski definition) is 4. The van der Waals surface area contributed by atoms with Crippen LogP contribution in [0.1, 0.15) is 43.2 Å². The number of rotatable bonds is 4. The number of nitrogens with one attached hydrogen (secondary N) is 1. The van der Waals surface area contributed by atoms with E-state index in [9.17, 15) is 9.59 Å². The lowest BCUT2D eigenvalue weighted by Crippen LogP contribution is -2.35. The van der Waals surface area contributed by atoms with Gasteiger partial charge in [-0.1, -0.05) is 30.5 Å². The number of aryl methyl sites for hydroxylation is 2. The Hall–Kier alpha value is -2.21. The molecule has 1 N–H and O–H groups in total. The zero-order valence-electron chi connectivity index (χ0n) is 15.8. The standard InChI is InChI=1S/C21H25N3O2S/c1-13-7-8-14(2)17(9-13)18-12-27-21(22-18)23-20(26)15-10-19(25)24(11-15)16-5-3-4-6-16/h7-9,12,15-16H,3-6,10-11H2,1-2H3,(H,22,23,26). The molecule has 1 aromatic heterocycles. The van der Waals surface area contributed by atoms with Crippen molar-refractivity contribution in [1.29, 1.82) is 0 Å². The first-order valence-electron chi connectivity index (χ1n) is 9.65. The van der Waals surface area contributed by atoms with E-state index in [0.717, 1.165) is 29.7 Å². The summed E-state index contributed by atoms with van der Waals surface area (Å²) in [4.78, 5) is 31.5. The Labute approximate surface area is 163 Å². The molecule has 0 radical (unpaired) electrons. The van der Waals surface area contributed by atoms with Crippen LogP contribution in [-0.2, 0) is 9.59 Å². The zero-order chi connectivity index (χ0) is 19.0. The first-order chi connectivity index (χ1) is 13.0. The molecule has 1 aliphatic heterocycles. The summed E-state index contributed by atoms with van der Waals surface area (Å²) in [6.45, 7) is 4.67. The number of carbonyl (C=O) groups excluding carboxylic acids is 2. The maximum absolute atomic E-state index is 12.7. The molecule has 2 fully saturated rings. The summed E-state index contributed by atoms with van der Waals surface area (Å²) in [6.07, 6.45) is 4.84. The van der Waals surface area contributed by atoms with Crippen LogP contribution in [0.2, 0.25) is 0 Å². The van der Waals surface area contributed by atoms with Crippen molar-refractivity contribution in [2.45, 2.75) is 52.0 Å². The zero-order valence-corrected chi connectivity index (χ0v) is 16.6. The molecule has 1 saturated heterocycles. The first kappa shape index (κ1) is 18.2. The Balaban J connectivity index is 1.42. The largest absolute Gasteiger partial charge is 0.339 e. The van der Waals surface area contributed by atoms with Crippen LogP contribution < -0.4 is 5.32 Å². The summed E-state index contributed by atoms with van der Waals surface area (Å²) < 4.78 is 0. The highest BCUT2D eigenvalue weighted by Crippen LogP contribution is 2.31. The predicted octanol–water partition coefficient (Wildman–Crippen LogP) is 4.16. The van der Waals surface area contributed by atoms with E-state index in [2.05, 4.69) is 42.3 Å². The normalized spacial score (nSPS) is 20.4. The second-order valence-electron chi connectivity index (χ2n) is 7.73. The average molecular weight is 384 g/mol. The van der Waals surface area contributed by atoms with Gasteiger partial charge < -0.3 is 10.2 Å². The van der Waals surface area contributed by atoms with Gasteiger partial charge in [0.1, 0.15) is 0 Å². The first-order valence-corrected chi connectivity index (χ1v) is 10.5. The quantitative estimate of drug-likeness (QED) is 0.862. The molecule has 1 aliphatic carbocycles. The van der Waals surface area contributed by atoms with Crippen molar-refractivity contribution in [3.63, 3.8) is 0 Å². The second kappa shape index (κ2) is 7.43. The summed E-state index contributed by atoms with van der Waals surface area (Å²) in [5, 5.41) is 5.50. The van der Waals surface area contributed by atoms with Gasteiger partial charge in [-0.3, -0.25) is 9.59 Å². The molecule has 0 bridgehead atoms. The van der Waals surface area contributed by atoms with E-state index in [1.807, 2.05) is 10.3 Å². The van der Waals surface area contributed by atoms with Crippen LogP contribution in [0.15, 0.2) is 23.6 Å². The van der Waals surface area contributed by atoms with E-state index in [4.69, 9.17) is 0 Å². The predicted molar refractivity (Wildman–Crippen MR) is 108 cm³/mol. The lowest BCUT2D eigenvalue weighted by molar-refractivity contribution is -0.129. The number of anilines is 1. The van der Waals surface area contributed by atoms with Crippen LogP contribution in [0.4, 0.5) is 5.13 Å². The molecule has 1 saturated carbocycles. The fourth-order valence-electron chi connectivity index (χ4n) is 4.15. The van der Waals surface area contributed by atoms with E-state index in [1.165, 1.54) is 29.7 Å². The number of carbonyl (C=O) groups is 2. The number of likely N-dealkylation sites (tertiary alicyclic amines) is 1. The Morgan fingerprint density at radius 2 is 2.04 bits per heavy atom. The Kier molecular flexibility index (Phi) is 5.00. The SMILES string of the molecule is Cc1ccc(C)c(-c2csc(NC(=O)C3CC(=O)N(C4CCCC4)C3)n2)c1. The number of amides is 2. The van der Waals surface area contributed by atoms with Gasteiger partial charge in [0.05, 0.1) is 11.6 Å². The Bertz CT molecular complexity index is 870. The third-order valence-corrected chi connectivity index (χ3v) is 6.46. The molecule has 142 valence electrons. The summed E-state index contributed by atoms with van der Waals surface area (Å²) >= 11 is 1.43. The molecule has 5 nitrogen and oxygen atoms in total. The highest BCUT2D eigenvalue weighted by atomic mass is 32.1. The molecule has 1 unspecified atom stereocenters. The summed E-state index contributed by atoms with van der Waals surface area (Å²) in [6, 6.07) is 6.63. The van der Waals surface area contributed by atoms with Crippen molar-refractivity contribution in [3.8, 4) is 11.3 Å². The molecule has 2 heterocycles. The minimum absolute atomic E-state index is 0.0919. The third-order valence-electron chi connectivity index (χ3n) is 5.70. The van der Waals surface area contributed by atoms with Crippen LogP contribution in [0.3, 0.4) is 0 Å². The minimum Gasteiger partial charge on any atom is -0.339 e. The Morgan fingerprint density at radius 1 is 1.26 bits per heavy atom. The molecule has 6 heteroatoms. The van der Waals surface area contributed by atoms with Crippen LogP contribution in [0, 0.1) is 19.8 Å².